The van der Waals surface area contributed by atoms with Crippen LogP contribution in [-0.4, -0.2) is 28.0 Å². The molecule has 1 atom stereocenters. The monoisotopic (exact) mass is 368 g/mol. The van der Waals surface area contributed by atoms with E-state index < -0.39 is 0 Å². The van der Waals surface area contributed by atoms with Crippen LogP contribution in [0.5, 0.6) is 0 Å². The predicted molar refractivity (Wildman–Crippen MR) is 106 cm³/mol. The highest BCUT2D eigenvalue weighted by molar-refractivity contribution is 8.00. The third-order valence-electron chi connectivity index (χ3n) is 4.11. The van der Waals surface area contributed by atoms with Crippen molar-refractivity contribution in [1.29, 1.82) is 0 Å². The van der Waals surface area contributed by atoms with Gasteiger partial charge >= 0.3 is 0 Å². The zero-order valence-electron chi connectivity index (χ0n) is 15.4. The second kappa shape index (κ2) is 7.54. The molecule has 26 heavy (non-hydrogen) atoms. The predicted octanol–water partition coefficient (Wildman–Crippen LogP) is 3.99. The summed E-state index contributed by atoms with van der Waals surface area (Å²) in [7, 11) is 0. The molecule has 0 unspecified atom stereocenters. The maximum Gasteiger partial charge on any atom is 0.251 e. The highest BCUT2D eigenvalue weighted by Gasteiger charge is 2.32. The lowest BCUT2D eigenvalue weighted by Crippen LogP contribution is -2.40. The molecule has 0 saturated carbocycles. The quantitative estimate of drug-likeness (QED) is 0.888. The van der Waals surface area contributed by atoms with Gasteiger partial charge in [-0.25, -0.2) is 0 Å². The van der Waals surface area contributed by atoms with Gasteiger partial charge in [-0.15, -0.1) is 11.8 Å². The molecule has 2 aromatic rings. The highest BCUT2D eigenvalue weighted by Crippen LogP contribution is 2.39. The molecule has 2 amide bonds. The maximum atomic E-state index is 12.3. The Labute approximate surface area is 159 Å². The van der Waals surface area contributed by atoms with E-state index in [4.69, 9.17) is 0 Å². The van der Waals surface area contributed by atoms with Crippen LogP contribution in [0.15, 0.2) is 54.6 Å². The summed E-state index contributed by atoms with van der Waals surface area (Å²) < 4.78 is 0. The van der Waals surface area contributed by atoms with E-state index in [2.05, 4.69) is 5.32 Å². The number of hydrogen-bond donors (Lipinski definition) is 1. The van der Waals surface area contributed by atoms with Crippen LogP contribution in [0.3, 0.4) is 0 Å². The van der Waals surface area contributed by atoms with Crippen molar-refractivity contribution in [2.75, 3.05) is 5.75 Å². The van der Waals surface area contributed by atoms with Crippen molar-refractivity contribution >= 4 is 23.6 Å². The summed E-state index contributed by atoms with van der Waals surface area (Å²) in [4.78, 5) is 26.5. The number of carbonyl (C=O) groups is 2. The summed E-state index contributed by atoms with van der Waals surface area (Å²) in [6, 6.07) is 17.6. The minimum Gasteiger partial charge on any atom is -0.347 e. The number of hydrogen-bond acceptors (Lipinski definition) is 3. The number of nitrogens with zero attached hydrogens (tertiary/aromatic N) is 1. The van der Waals surface area contributed by atoms with Crippen molar-refractivity contribution in [3.8, 4) is 0 Å². The lowest BCUT2D eigenvalue weighted by atomic mass is 10.1. The summed E-state index contributed by atoms with van der Waals surface area (Å²) in [5.41, 5.74) is 2.53. The minimum atomic E-state index is -0.268. The van der Waals surface area contributed by atoms with Crippen molar-refractivity contribution in [3.63, 3.8) is 0 Å². The van der Waals surface area contributed by atoms with Gasteiger partial charge in [0.2, 0.25) is 5.91 Å². The van der Waals surface area contributed by atoms with Crippen LogP contribution < -0.4 is 5.32 Å². The maximum absolute atomic E-state index is 12.3. The molecule has 2 aromatic carbocycles. The third kappa shape index (κ3) is 4.47. The Hall–Kier alpha value is -2.27. The lowest BCUT2D eigenvalue weighted by molar-refractivity contribution is -0.128. The van der Waals surface area contributed by atoms with Crippen LogP contribution in [0.4, 0.5) is 0 Å². The van der Waals surface area contributed by atoms with Gasteiger partial charge in [0.05, 0.1) is 5.75 Å². The summed E-state index contributed by atoms with van der Waals surface area (Å²) in [5, 5.41) is 2.95. The van der Waals surface area contributed by atoms with Gasteiger partial charge in [-0.2, -0.15) is 0 Å². The van der Waals surface area contributed by atoms with Crippen molar-refractivity contribution in [2.45, 2.75) is 38.2 Å². The first-order valence-corrected chi connectivity index (χ1v) is 9.76. The first-order chi connectivity index (χ1) is 12.3. The first kappa shape index (κ1) is 18.5. The van der Waals surface area contributed by atoms with Crippen LogP contribution >= 0.6 is 11.8 Å². The molecule has 1 saturated heterocycles. The number of nitrogens with one attached hydrogen (secondary N) is 1. The summed E-state index contributed by atoms with van der Waals surface area (Å²) in [6.07, 6.45) is 0. The van der Waals surface area contributed by atoms with Crippen LogP contribution in [0.1, 0.15) is 47.6 Å². The third-order valence-corrected chi connectivity index (χ3v) is 5.37. The van der Waals surface area contributed by atoms with Gasteiger partial charge in [-0.1, -0.05) is 42.5 Å². The van der Waals surface area contributed by atoms with E-state index in [9.17, 15) is 9.59 Å². The fourth-order valence-electron chi connectivity index (χ4n) is 2.89. The smallest absolute Gasteiger partial charge is 0.251 e. The number of rotatable bonds is 4. The van der Waals surface area contributed by atoms with Gasteiger partial charge < -0.3 is 10.2 Å². The van der Waals surface area contributed by atoms with E-state index in [-0.39, 0.29) is 22.7 Å². The Kier molecular flexibility index (Phi) is 5.37. The largest absolute Gasteiger partial charge is 0.347 e. The molecule has 4 nitrogen and oxygen atoms in total. The molecule has 3 rings (SSSR count). The average Bonchev–Trinajstić information content (AvgIpc) is 2.95. The van der Waals surface area contributed by atoms with Crippen molar-refractivity contribution in [3.05, 3.63) is 71.3 Å². The van der Waals surface area contributed by atoms with Gasteiger partial charge in [0.1, 0.15) is 5.37 Å². The summed E-state index contributed by atoms with van der Waals surface area (Å²) >= 11 is 1.63. The molecular formula is C21H24N2O2S. The summed E-state index contributed by atoms with van der Waals surface area (Å²) in [5.74, 6) is 0.558. The van der Waals surface area contributed by atoms with E-state index in [1.165, 1.54) is 0 Å². The van der Waals surface area contributed by atoms with Crippen LogP contribution in [0.2, 0.25) is 0 Å². The molecule has 136 valence electrons. The molecule has 0 aromatic heterocycles. The van der Waals surface area contributed by atoms with Gasteiger partial charge in [0, 0.05) is 17.6 Å². The molecule has 0 radical (unpaired) electrons. The van der Waals surface area contributed by atoms with Crippen molar-refractivity contribution < 1.29 is 9.59 Å². The molecule has 0 spiro atoms. The molecule has 5 heteroatoms. The van der Waals surface area contributed by atoms with Gasteiger partial charge in [-0.3, -0.25) is 9.59 Å². The lowest BCUT2D eigenvalue weighted by Gasteiger charge is -2.25. The zero-order valence-corrected chi connectivity index (χ0v) is 16.2. The molecule has 0 aliphatic carbocycles. The number of benzene rings is 2. The number of amides is 2. The average molecular weight is 369 g/mol. The topological polar surface area (TPSA) is 49.4 Å². The molecule has 1 fully saturated rings. The molecule has 1 N–H and O–H groups in total. The molecule has 1 heterocycles. The highest BCUT2D eigenvalue weighted by atomic mass is 32.2. The standard InChI is InChI=1S/C21H24N2O2S/c1-21(2,3)22-19(25)16-9-11-17(12-10-16)20-23(18(24)14-26-20)13-15-7-5-4-6-8-15/h4-12,20H,13-14H2,1-3H3,(H,22,25)/t20-/m1/s1. The van der Waals surface area contributed by atoms with E-state index in [0.717, 1.165) is 11.1 Å². The van der Waals surface area contributed by atoms with E-state index in [1.807, 2.05) is 80.3 Å². The second-order valence-corrected chi connectivity index (χ2v) is 8.57. The van der Waals surface area contributed by atoms with Crippen LogP contribution in [0.25, 0.3) is 0 Å². The zero-order chi connectivity index (χ0) is 18.7. The Morgan fingerprint density at radius 2 is 1.77 bits per heavy atom. The Morgan fingerprint density at radius 3 is 2.38 bits per heavy atom. The Balaban J connectivity index is 1.75. The number of thioether (sulfide) groups is 1. The molecule has 1 aliphatic rings. The Morgan fingerprint density at radius 1 is 1.12 bits per heavy atom. The normalized spacial score (nSPS) is 17.4. The van der Waals surface area contributed by atoms with Crippen molar-refractivity contribution in [1.82, 2.24) is 10.2 Å². The minimum absolute atomic E-state index is 0.0116. The van der Waals surface area contributed by atoms with Crippen LogP contribution in [0, 0.1) is 0 Å². The SMILES string of the molecule is CC(C)(C)NC(=O)c1ccc([C@H]2SCC(=O)N2Cc2ccccc2)cc1. The first-order valence-electron chi connectivity index (χ1n) is 8.71. The van der Waals surface area contributed by atoms with E-state index >= 15 is 0 Å². The molecular weight excluding hydrogens is 344 g/mol. The molecule has 0 bridgehead atoms. The second-order valence-electron chi connectivity index (χ2n) is 7.50. The summed E-state index contributed by atoms with van der Waals surface area (Å²) in [6.45, 7) is 6.48. The van der Waals surface area contributed by atoms with E-state index in [1.54, 1.807) is 11.8 Å². The fourth-order valence-corrected chi connectivity index (χ4v) is 4.08. The van der Waals surface area contributed by atoms with Gasteiger partial charge in [0.15, 0.2) is 0 Å². The Bertz CT molecular complexity index is 782. The van der Waals surface area contributed by atoms with Crippen LogP contribution in [-0.2, 0) is 11.3 Å². The van der Waals surface area contributed by atoms with Gasteiger partial charge in [0.25, 0.3) is 5.91 Å². The van der Waals surface area contributed by atoms with Crippen molar-refractivity contribution in [2.24, 2.45) is 0 Å². The number of carbonyl (C=O) groups excluding carboxylic acids is 2. The van der Waals surface area contributed by atoms with Gasteiger partial charge in [-0.05, 0) is 44.0 Å². The molecule has 1 aliphatic heterocycles. The van der Waals surface area contributed by atoms with E-state index in [0.29, 0.717) is 17.9 Å². The fraction of sp³-hybridized carbons (Fsp3) is 0.333.